The van der Waals surface area contributed by atoms with Gasteiger partial charge in [0.25, 0.3) is 5.56 Å². The lowest BCUT2D eigenvalue weighted by Gasteiger charge is -2.25. The molecule has 1 aromatic carbocycles. The van der Waals surface area contributed by atoms with Crippen molar-refractivity contribution in [3.63, 3.8) is 0 Å². The predicted molar refractivity (Wildman–Crippen MR) is 129 cm³/mol. The molecule has 0 unspecified atom stereocenters. The van der Waals surface area contributed by atoms with E-state index >= 15 is 0 Å². The number of H-pyrrole nitrogens is 1. The van der Waals surface area contributed by atoms with Crippen LogP contribution in [0.3, 0.4) is 0 Å². The summed E-state index contributed by atoms with van der Waals surface area (Å²) in [7, 11) is 0. The smallest absolute Gasteiger partial charge is 0.259 e. The van der Waals surface area contributed by atoms with Crippen LogP contribution in [0.2, 0.25) is 0 Å². The van der Waals surface area contributed by atoms with Crippen LogP contribution in [0.15, 0.2) is 35.1 Å². The molecule has 0 bridgehead atoms. The van der Waals surface area contributed by atoms with E-state index in [4.69, 9.17) is 9.72 Å². The first-order valence-electron chi connectivity index (χ1n) is 11.5. The second kappa shape index (κ2) is 10.7. The summed E-state index contributed by atoms with van der Waals surface area (Å²) in [6, 6.07) is 9.97. The number of nitrogens with one attached hydrogen (secondary N) is 1. The summed E-state index contributed by atoms with van der Waals surface area (Å²) in [4.78, 5) is 24.9. The van der Waals surface area contributed by atoms with Gasteiger partial charge in [-0.25, -0.2) is 4.98 Å². The zero-order chi connectivity index (χ0) is 22.5. The van der Waals surface area contributed by atoms with Gasteiger partial charge in [-0.1, -0.05) is 44.2 Å². The first kappa shape index (κ1) is 23.1. The minimum Gasteiger partial charge on any atom is -0.389 e. The van der Waals surface area contributed by atoms with Crippen molar-refractivity contribution >= 4 is 21.6 Å². The molecule has 2 heterocycles. The monoisotopic (exact) mass is 455 g/mol. The lowest BCUT2D eigenvalue weighted by atomic mass is 10.1. The number of nitrogens with zero attached hydrogens (tertiary/aromatic N) is 2. The van der Waals surface area contributed by atoms with Gasteiger partial charge in [-0.05, 0) is 49.3 Å². The number of aliphatic hydroxyl groups excluding tert-OH is 1. The van der Waals surface area contributed by atoms with E-state index in [-0.39, 0.29) is 12.2 Å². The fraction of sp³-hybridized carbons (Fsp3) is 0.520. The zero-order valence-corrected chi connectivity index (χ0v) is 19.8. The molecule has 6 nitrogen and oxygen atoms in total. The molecule has 1 aliphatic carbocycles. The number of aryl methyl sites for hydroxylation is 2. The van der Waals surface area contributed by atoms with Crippen molar-refractivity contribution in [1.29, 1.82) is 0 Å². The van der Waals surface area contributed by atoms with Gasteiger partial charge in [-0.2, -0.15) is 0 Å². The van der Waals surface area contributed by atoms with Crippen molar-refractivity contribution < 1.29 is 9.84 Å². The van der Waals surface area contributed by atoms with Crippen molar-refractivity contribution in [1.82, 2.24) is 14.9 Å². The molecular weight excluding hydrogens is 422 g/mol. The van der Waals surface area contributed by atoms with Crippen LogP contribution >= 0.6 is 11.3 Å². The van der Waals surface area contributed by atoms with E-state index in [1.54, 1.807) is 11.3 Å². The van der Waals surface area contributed by atoms with Gasteiger partial charge in [-0.15, -0.1) is 11.3 Å². The lowest BCUT2D eigenvalue weighted by Crippen LogP contribution is -2.36. The molecule has 1 aliphatic rings. The van der Waals surface area contributed by atoms with Crippen LogP contribution in [-0.2, 0) is 30.7 Å². The molecule has 0 amide bonds. The molecule has 1 atom stereocenters. The average molecular weight is 456 g/mol. The highest BCUT2D eigenvalue weighted by molar-refractivity contribution is 7.18. The SMILES string of the molecule is CC(C)CCN(Cc1nc2sc3c(c2c(=O)[nH]1)CCC3)C[C@@H](O)COCc1ccccc1. The summed E-state index contributed by atoms with van der Waals surface area (Å²) in [6.07, 6.45) is 3.57. The fourth-order valence-electron chi connectivity index (χ4n) is 4.25. The van der Waals surface area contributed by atoms with Crippen LogP contribution in [0.5, 0.6) is 0 Å². The van der Waals surface area contributed by atoms with Crippen LogP contribution in [-0.4, -0.2) is 45.8 Å². The van der Waals surface area contributed by atoms with E-state index in [9.17, 15) is 9.90 Å². The van der Waals surface area contributed by atoms with Crippen LogP contribution in [0.1, 0.15) is 48.5 Å². The Bertz CT molecular complexity index is 1080. The number of aromatic amines is 1. The van der Waals surface area contributed by atoms with Crippen molar-refractivity contribution in [3.8, 4) is 0 Å². The first-order valence-corrected chi connectivity index (χ1v) is 12.4. The summed E-state index contributed by atoms with van der Waals surface area (Å²) >= 11 is 1.66. The molecular formula is C25H33N3O3S. The van der Waals surface area contributed by atoms with Crippen molar-refractivity contribution in [2.45, 2.75) is 58.8 Å². The van der Waals surface area contributed by atoms with Crippen LogP contribution in [0.4, 0.5) is 0 Å². The average Bonchev–Trinajstić information content (AvgIpc) is 3.33. The van der Waals surface area contributed by atoms with Crippen molar-refractivity contribution in [3.05, 3.63) is 62.5 Å². The number of hydrogen-bond acceptors (Lipinski definition) is 6. The van der Waals surface area contributed by atoms with E-state index < -0.39 is 6.10 Å². The molecule has 2 N–H and O–H groups in total. The fourth-order valence-corrected chi connectivity index (χ4v) is 5.53. The van der Waals surface area contributed by atoms with Gasteiger partial charge in [-0.3, -0.25) is 9.69 Å². The van der Waals surface area contributed by atoms with Gasteiger partial charge in [0.1, 0.15) is 10.7 Å². The molecule has 4 rings (SSSR count). The minimum atomic E-state index is -0.605. The Morgan fingerprint density at radius 2 is 2.06 bits per heavy atom. The van der Waals surface area contributed by atoms with Gasteiger partial charge >= 0.3 is 0 Å². The molecule has 32 heavy (non-hydrogen) atoms. The molecule has 3 aromatic rings. The number of benzene rings is 1. The normalized spacial score (nSPS) is 14.5. The van der Waals surface area contributed by atoms with Gasteiger partial charge in [0.15, 0.2) is 0 Å². The summed E-state index contributed by atoms with van der Waals surface area (Å²) in [5.74, 6) is 1.22. The second-order valence-electron chi connectivity index (χ2n) is 9.12. The highest BCUT2D eigenvalue weighted by Gasteiger charge is 2.22. The van der Waals surface area contributed by atoms with Crippen LogP contribution in [0.25, 0.3) is 10.2 Å². The Morgan fingerprint density at radius 1 is 1.25 bits per heavy atom. The maximum absolute atomic E-state index is 12.8. The lowest BCUT2D eigenvalue weighted by molar-refractivity contribution is 0.00751. The molecule has 172 valence electrons. The molecule has 0 radical (unpaired) electrons. The number of ether oxygens (including phenoxy) is 1. The third kappa shape index (κ3) is 5.84. The van der Waals surface area contributed by atoms with E-state index in [2.05, 4.69) is 23.7 Å². The quantitative estimate of drug-likeness (QED) is 0.459. The van der Waals surface area contributed by atoms with Crippen LogP contribution < -0.4 is 5.56 Å². The summed E-state index contributed by atoms with van der Waals surface area (Å²) < 4.78 is 5.72. The van der Waals surface area contributed by atoms with Gasteiger partial charge < -0.3 is 14.8 Å². The maximum Gasteiger partial charge on any atom is 0.259 e. The van der Waals surface area contributed by atoms with Gasteiger partial charge in [0, 0.05) is 11.4 Å². The Hall–Kier alpha value is -2.06. The van der Waals surface area contributed by atoms with E-state index in [1.807, 2.05) is 30.3 Å². The van der Waals surface area contributed by atoms with Crippen molar-refractivity contribution in [2.75, 3.05) is 19.7 Å². The summed E-state index contributed by atoms with van der Waals surface area (Å²) in [5, 5.41) is 11.4. The Morgan fingerprint density at radius 3 is 2.84 bits per heavy atom. The van der Waals surface area contributed by atoms with Gasteiger partial charge in [0.2, 0.25) is 0 Å². The summed E-state index contributed by atoms with van der Waals surface area (Å²) in [5.41, 5.74) is 2.27. The molecule has 0 saturated heterocycles. The Kier molecular flexibility index (Phi) is 7.73. The molecule has 0 saturated carbocycles. The predicted octanol–water partition coefficient (Wildman–Crippen LogP) is 3.90. The van der Waals surface area contributed by atoms with E-state index in [1.165, 1.54) is 10.4 Å². The minimum absolute atomic E-state index is 0.0278. The number of thiophene rings is 1. The molecule has 7 heteroatoms. The number of fused-ring (bicyclic) bond motifs is 3. The number of hydrogen-bond donors (Lipinski definition) is 2. The zero-order valence-electron chi connectivity index (χ0n) is 19.0. The third-order valence-corrected chi connectivity index (χ3v) is 7.10. The highest BCUT2D eigenvalue weighted by Crippen LogP contribution is 2.34. The number of aliphatic hydroxyl groups is 1. The summed E-state index contributed by atoms with van der Waals surface area (Å²) in [6.45, 7) is 6.95. The van der Waals surface area contributed by atoms with Crippen molar-refractivity contribution in [2.24, 2.45) is 5.92 Å². The number of aromatic nitrogens is 2. The molecule has 0 fully saturated rings. The molecule has 2 aromatic heterocycles. The molecule has 0 aliphatic heterocycles. The highest BCUT2D eigenvalue weighted by atomic mass is 32.1. The largest absolute Gasteiger partial charge is 0.389 e. The van der Waals surface area contributed by atoms with Crippen LogP contribution in [0, 0.1) is 5.92 Å². The topological polar surface area (TPSA) is 78.5 Å². The molecule has 0 spiro atoms. The maximum atomic E-state index is 12.8. The Labute approximate surface area is 193 Å². The standard InChI is InChI=1S/C25H33N3O3S/c1-17(2)11-12-28(13-19(29)16-31-15-18-7-4-3-5-8-18)14-22-26-24(30)23-20-9-6-10-21(20)32-25(23)27-22/h3-5,7-8,17,19,29H,6,9-16H2,1-2H3,(H,26,27,30)/t19-/m1/s1. The van der Waals surface area contributed by atoms with Gasteiger partial charge in [0.05, 0.1) is 31.2 Å². The van der Waals surface area contributed by atoms with E-state index in [0.717, 1.165) is 48.0 Å². The third-order valence-electron chi connectivity index (χ3n) is 5.91. The first-order chi connectivity index (χ1) is 15.5. The number of rotatable bonds is 11. The Balaban J connectivity index is 1.40. The van der Waals surface area contributed by atoms with E-state index in [0.29, 0.717) is 31.4 Å². The second-order valence-corrected chi connectivity index (χ2v) is 10.2.